The molecule has 3 aromatic rings. The van der Waals surface area contributed by atoms with Crippen LogP contribution in [0.1, 0.15) is 65.2 Å². The maximum absolute atomic E-state index is 13.0. The van der Waals surface area contributed by atoms with E-state index in [0.29, 0.717) is 23.3 Å². The molecular weight excluding hydrogens is 519 g/mol. The minimum Gasteiger partial charge on any atom is -0.487 e. The van der Waals surface area contributed by atoms with Crippen LogP contribution in [0.15, 0.2) is 56.9 Å². The standard InChI is InChI=1S/C27H32F3NO4SSi/c1-25(2,3)37-35-26(4,5)24-16-21(32)22(17-34-24)33-13-7-6-8-14-36-23-11-12-31-20-15-18(27(28,29)30)9-10-19(20)23/h9-12,15-17H,6-8,13-14H2,1-5H3. The Hall–Kier alpha value is -2.30. The summed E-state index contributed by atoms with van der Waals surface area (Å²) in [6, 6.07) is 6.91. The summed E-state index contributed by atoms with van der Waals surface area (Å²) in [6.45, 7) is 10.4. The highest BCUT2D eigenvalue weighted by atomic mass is 32.2. The molecule has 0 N–H and O–H groups in total. The summed E-state index contributed by atoms with van der Waals surface area (Å²) in [5.41, 5.74) is -1.33. The number of benzene rings is 1. The number of rotatable bonds is 11. The molecule has 2 heterocycles. The third-order valence-corrected chi connectivity index (χ3v) is 7.72. The van der Waals surface area contributed by atoms with Crippen LogP contribution in [0.2, 0.25) is 5.04 Å². The molecule has 0 atom stereocenters. The molecule has 0 spiro atoms. The molecule has 0 aliphatic heterocycles. The van der Waals surface area contributed by atoms with E-state index in [9.17, 15) is 18.0 Å². The summed E-state index contributed by atoms with van der Waals surface area (Å²) in [5, 5.41) is 0.734. The monoisotopic (exact) mass is 551 g/mol. The third-order valence-electron chi connectivity index (χ3n) is 5.34. The smallest absolute Gasteiger partial charge is 0.416 e. The minimum atomic E-state index is -4.39. The van der Waals surface area contributed by atoms with E-state index in [1.165, 1.54) is 24.6 Å². The van der Waals surface area contributed by atoms with Crippen LogP contribution in [0.25, 0.3) is 10.9 Å². The number of pyridine rings is 1. The lowest BCUT2D eigenvalue weighted by Crippen LogP contribution is -2.28. The number of thioether (sulfide) groups is 1. The summed E-state index contributed by atoms with van der Waals surface area (Å²) >= 11 is 1.59. The average Bonchev–Trinajstić information content (AvgIpc) is 2.81. The number of nitrogens with zero attached hydrogens (tertiary/aromatic N) is 1. The highest BCUT2D eigenvalue weighted by Crippen LogP contribution is 2.34. The lowest BCUT2D eigenvalue weighted by Gasteiger charge is -2.28. The summed E-state index contributed by atoms with van der Waals surface area (Å²) in [4.78, 5) is 17.5. The Morgan fingerprint density at radius 3 is 2.46 bits per heavy atom. The summed E-state index contributed by atoms with van der Waals surface area (Å²) < 4.78 is 56.1. The number of fused-ring (bicyclic) bond motifs is 1. The highest BCUT2D eigenvalue weighted by Gasteiger charge is 2.31. The Kier molecular flexibility index (Phi) is 9.52. The van der Waals surface area contributed by atoms with Crippen LogP contribution >= 0.6 is 11.8 Å². The number of hydrogen-bond donors (Lipinski definition) is 0. The van der Waals surface area contributed by atoms with Gasteiger partial charge < -0.3 is 13.6 Å². The second kappa shape index (κ2) is 12.0. The molecule has 2 aromatic heterocycles. The van der Waals surface area contributed by atoms with Gasteiger partial charge in [-0.3, -0.25) is 9.78 Å². The average molecular weight is 552 g/mol. The van der Waals surface area contributed by atoms with Gasteiger partial charge in [-0.1, -0.05) is 26.8 Å². The van der Waals surface area contributed by atoms with Crippen LogP contribution in [-0.4, -0.2) is 27.1 Å². The fourth-order valence-corrected chi connectivity index (χ4v) is 5.04. The molecule has 0 saturated carbocycles. The van der Waals surface area contributed by atoms with Crippen molar-refractivity contribution in [1.29, 1.82) is 0 Å². The van der Waals surface area contributed by atoms with Gasteiger partial charge in [0.25, 0.3) is 0 Å². The molecule has 0 amide bonds. The maximum Gasteiger partial charge on any atom is 0.416 e. The number of halogens is 3. The first kappa shape index (κ1) is 29.3. The first-order valence-corrected chi connectivity index (χ1v) is 14.0. The van der Waals surface area contributed by atoms with Crippen LogP contribution in [0, 0.1) is 0 Å². The van der Waals surface area contributed by atoms with E-state index in [-0.39, 0.29) is 26.0 Å². The van der Waals surface area contributed by atoms with Crippen molar-refractivity contribution < 1.29 is 26.8 Å². The third kappa shape index (κ3) is 8.61. The molecule has 5 nitrogen and oxygen atoms in total. The normalized spacial score (nSPS) is 12.8. The van der Waals surface area contributed by atoms with Gasteiger partial charge in [-0.25, -0.2) is 0 Å². The van der Waals surface area contributed by atoms with Crippen molar-refractivity contribution in [2.45, 2.75) is 75.6 Å². The molecule has 0 aliphatic carbocycles. The maximum atomic E-state index is 13.0. The number of hydrogen-bond acceptors (Lipinski definition) is 6. The minimum absolute atomic E-state index is 0.0197. The largest absolute Gasteiger partial charge is 0.487 e. The Balaban J connectivity index is 1.43. The fraction of sp³-hybridized carbons (Fsp3) is 0.481. The van der Waals surface area contributed by atoms with Crippen LogP contribution < -0.4 is 10.2 Å². The number of ether oxygens (including phenoxy) is 1. The van der Waals surface area contributed by atoms with Gasteiger partial charge in [-0.15, -0.1) is 11.8 Å². The van der Waals surface area contributed by atoms with Crippen LogP contribution in [0.4, 0.5) is 13.2 Å². The summed E-state index contributed by atoms with van der Waals surface area (Å²) in [5.74, 6) is 1.44. The predicted molar refractivity (Wildman–Crippen MR) is 141 cm³/mol. The van der Waals surface area contributed by atoms with E-state index >= 15 is 0 Å². The van der Waals surface area contributed by atoms with Crippen molar-refractivity contribution in [3.8, 4) is 5.75 Å². The Morgan fingerprint density at radius 2 is 1.78 bits per heavy atom. The predicted octanol–water partition coefficient (Wildman–Crippen LogP) is 7.64. The first-order chi connectivity index (χ1) is 17.3. The van der Waals surface area contributed by atoms with Gasteiger partial charge in [0, 0.05) is 22.5 Å². The molecule has 0 unspecified atom stereocenters. The van der Waals surface area contributed by atoms with Crippen molar-refractivity contribution in [3.05, 3.63) is 64.3 Å². The Labute approximate surface area is 222 Å². The Bertz CT molecular complexity index is 1250. The van der Waals surface area contributed by atoms with E-state index in [1.54, 1.807) is 11.8 Å². The number of alkyl halides is 3. The SMILES string of the molecule is CC(C)(C)[Si]OC(C)(C)c1cc(=O)c(OCCCCCSc2ccnc3cc(C(F)(F)F)ccc23)co1. The molecule has 3 rings (SSSR count). The van der Waals surface area contributed by atoms with Crippen molar-refractivity contribution in [1.82, 2.24) is 4.98 Å². The fourth-order valence-electron chi connectivity index (χ4n) is 3.32. The van der Waals surface area contributed by atoms with E-state index in [4.69, 9.17) is 13.6 Å². The molecule has 200 valence electrons. The second-order valence-electron chi connectivity index (χ2n) is 10.2. The second-order valence-corrected chi connectivity index (χ2v) is 13.3. The number of aromatic nitrogens is 1. The van der Waals surface area contributed by atoms with Gasteiger partial charge in [-0.2, -0.15) is 13.2 Å². The quantitative estimate of drug-likeness (QED) is 0.139. The van der Waals surface area contributed by atoms with Crippen molar-refractivity contribution >= 4 is 32.4 Å². The van der Waals surface area contributed by atoms with Crippen molar-refractivity contribution in [2.75, 3.05) is 12.4 Å². The lowest BCUT2D eigenvalue weighted by molar-refractivity contribution is -0.137. The highest BCUT2D eigenvalue weighted by molar-refractivity contribution is 7.99. The molecule has 1 aromatic carbocycles. The molecule has 2 radical (unpaired) electrons. The summed E-state index contributed by atoms with van der Waals surface area (Å²) in [7, 11) is 0.256. The molecular formula is C27H32F3NO4SSi. The van der Waals surface area contributed by atoms with Crippen LogP contribution in [0.5, 0.6) is 5.75 Å². The molecule has 0 aliphatic rings. The van der Waals surface area contributed by atoms with Crippen LogP contribution in [0.3, 0.4) is 0 Å². The van der Waals surface area contributed by atoms with Gasteiger partial charge >= 0.3 is 6.18 Å². The number of unbranched alkanes of at least 4 members (excludes halogenated alkanes) is 2. The first-order valence-electron chi connectivity index (χ1n) is 12.1. The van der Waals surface area contributed by atoms with Crippen LogP contribution in [-0.2, 0) is 16.2 Å². The van der Waals surface area contributed by atoms with Crippen molar-refractivity contribution in [3.63, 3.8) is 0 Å². The van der Waals surface area contributed by atoms with E-state index in [0.717, 1.165) is 42.0 Å². The van der Waals surface area contributed by atoms with Gasteiger partial charge in [0.1, 0.15) is 17.6 Å². The Morgan fingerprint density at radius 1 is 1.03 bits per heavy atom. The topological polar surface area (TPSA) is 61.6 Å². The van der Waals surface area contributed by atoms with E-state index in [1.807, 2.05) is 19.9 Å². The van der Waals surface area contributed by atoms with Crippen molar-refractivity contribution in [2.24, 2.45) is 0 Å². The molecule has 10 heteroatoms. The lowest BCUT2D eigenvalue weighted by atomic mass is 10.1. The van der Waals surface area contributed by atoms with Gasteiger partial charge in [0.15, 0.2) is 0 Å². The molecule has 0 saturated heterocycles. The zero-order valence-electron chi connectivity index (χ0n) is 21.7. The zero-order chi connectivity index (χ0) is 27.3. The van der Waals surface area contributed by atoms with Gasteiger partial charge in [0.05, 0.1) is 17.7 Å². The molecule has 37 heavy (non-hydrogen) atoms. The summed E-state index contributed by atoms with van der Waals surface area (Å²) in [6.07, 6.45) is 1.03. The van der Waals surface area contributed by atoms with E-state index < -0.39 is 17.3 Å². The van der Waals surface area contributed by atoms with Gasteiger partial charge in [0.2, 0.25) is 20.9 Å². The molecule has 0 fully saturated rings. The van der Waals surface area contributed by atoms with Gasteiger partial charge in [-0.05, 0) is 62.1 Å². The zero-order valence-corrected chi connectivity index (χ0v) is 23.5. The molecule has 0 bridgehead atoms. The van der Waals surface area contributed by atoms with E-state index in [2.05, 4.69) is 25.8 Å².